The normalized spacial score (nSPS) is 13.2. The molecule has 3 nitrogen and oxygen atoms in total. The third kappa shape index (κ3) is 6.20. The molecule has 1 atom stereocenters. The minimum absolute atomic E-state index is 0.477. The van der Waals surface area contributed by atoms with Crippen molar-refractivity contribution in [1.82, 2.24) is 0 Å². The molecule has 0 aromatic heterocycles. The van der Waals surface area contributed by atoms with Crippen molar-refractivity contribution in [2.45, 2.75) is 32.8 Å². The molecule has 70 valence electrons. The molecule has 0 aliphatic rings. The summed E-state index contributed by atoms with van der Waals surface area (Å²) in [7, 11) is -3.37. The van der Waals surface area contributed by atoms with Crippen LogP contribution in [0.4, 0.5) is 0 Å². The van der Waals surface area contributed by atoms with Crippen LogP contribution in [-0.2, 0) is 14.3 Å². The number of hydrogen-bond donors (Lipinski definition) is 0. The van der Waals surface area contributed by atoms with E-state index in [-0.39, 0.29) is 0 Å². The SMILES string of the molecule is CC#CC(CCC)OS(C)(=O)=O. The molecule has 0 rings (SSSR count). The van der Waals surface area contributed by atoms with Crippen molar-refractivity contribution < 1.29 is 12.6 Å². The van der Waals surface area contributed by atoms with Gasteiger partial charge in [-0.25, -0.2) is 0 Å². The fourth-order valence-corrected chi connectivity index (χ4v) is 1.34. The second kappa shape index (κ2) is 5.18. The zero-order valence-electron chi connectivity index (χ0n) is 7.62. The van der Waals surface area contributed by atoms with Crippen molar-refractivity contribution in [3.8, 4) is 11.8 Å². The third-order valence-corrected chi connectivity index (χ3v) is 1.73. The summed E-state index contributed by atoms with van der Waals surface area (Å²) in [4.78, 5) is 0. The maximum atomic E-state index is 10.7. The molecule has 0 saturated heterocycles. The molecule has 4 heteroatoms. The van der Waals surface area contributed by atoms with Crippen LogP contribution in [-0.4, -0.2) is 20.8 Å². The molecule has 0 saturated carbocycles. The van der Waals surface area contributed by atoms with Crippen molar-refractivity contribution in [2.24, 2.45) is 0 Å². The zero-order chi connectivity index (χ0) is 9.61. The molecule has 0 aromatic rings. The monoisotopic (exact) mass is 190 g/mol. The van der Waals surface area contributed by atoms with Crippen LogP contribution in [0, 0.1) is 11.8 Å². The van der Waals surface area contributed by atoms with Gasteiger partial charge in [-0.15, -0.1) is 5.92 Å². The van der Waals surface area contributed by atoms with Gasteiger partial charge in [0.25, 0.3) is 10.1 Å². The van der Waals surface area contributed by atoms with Crippen LogP contribution in [0.2, 0.25) is 0 Å². The van der Waals surface area contributed by atoms with Crippen molar-refractivity contribution in [3.63, 3.8) is 0 Å². The lowest BCUT2D eigenvalue weighted by Gasteiger charge is -2.07. The van der Waals surface area contributed by atoms with Crippen molar-refractivity contribution in [2.75, 3.05) is 6.26 Å². The van der Waals surface area contributed by atoms with Gasteiger partial charge < -0.3 is 0 Å². The summed E-state index contributed by atoms with van der Waals surface area (Å²) in [5, 5.41) is 0. The Morgan fingerprint density at radius 2 is 2.08 bits per heavy atom. The quantitative estimate of drug-likeness (QED) is 0.493. The highest BCUT2D eigenvalue weighted by Crippen LogP contribution is 2.04. The van der Waals surface area contributed by atoms with E-state index in [9.17, 15) is 8.42 Å². The van der Waals surface area contributed by atoms with Gasteiger partial charge in [0.2, 0.25) is 0 Å². The minimum atomic E-state index is -3.37. The lowest BCUT2D eigenvalue weighted by molar-refractivity contribution is 0.255. The van der Waals surface area contributed by atoms with Gasteiger partial charge in [0.05, 0.1) is 6.26 Å². The van der Waals surface area contributed by atoms with E-state index in [0.717, 1.165) is 12.7 Å². The predicted octanol–water partition coefficient (Wildman–Crippen LogP) is 1.15. The fraction of sp³-hybridized carbons (Fsp3) is 0.750. The molecule has 12 heavy (non-hydrogen) atoms. The third-order valence-electron chi connectivity index (χ3n) is 1.15. The van der Waals surface area contributed by atoms with E-state index in [1.807, 2.05) is 6.92 Å². The zero-order valence-corrected chi connectivity index (χ0v) is 8.44. The van der Waals surface area contributed by atoms with Gasteiger partial charge in [0.15, 0.2) is 0 Å². The van der Waals surface area contributed by atoms with Crippen LogP contribution in [0.1, 0.15) is 26.7 Å². The van der Waals surface area contributed by atoms with E-state index < -0.39 is 16.2 Å². The van der Waals surface area contributed by atoms with Gasteiger partial charge in [-0.1, -0.05) is 19.3 Å². The topological polar surface area (TPSA) is 43.4 Å². The second-order valence-electron chi connectivity index (χ2n) is 2.47. The molecule has 1 unspecified atom stereocenters. The summed E-state index contributed by atoms with van der Waals surface area (Å²) in [5.41, 5.74) is 0. The Balaban J connectivity index is 4.20. The molecule has 0 amide bonds. The van der Waals surface area contributed by atoms with Gasteiger partial charge >= 0.3 is 0 Å². The standard InChI is InChI=1S/C8H14O3S/c1-4-6-8(7-5-2)11-12(3,9)10/h8H,4,6H2,1-3H3. The van der Waals surface area contributed by atoms with Crippen LogP contribution in [0.5, 0.6) is 0 Å². The summed E-state index contributed by atoms with van der Waals surface area (Å²) in [6.07, 6.45) is 2.06. The molecule has 0 N–H and O–H groups in total. The summed E-state index contributed by atoms with van der Waals surface area (Å²) in [6.45, 7) is 3.62. The molecule has 0 heterocycles. The van der Waals surface area contributed by atoms with Crippen molar-refractivity contribution in [1.29, 1.82) is 0 Å². The van der Waals surface area contributed by atoms with Crippen molar-refractivity contribution in [3.05, 3.63) is 0 Å². The summed E-state index contributed by atoms with van der Waals surface area (Å²) in [6, 6.07) is 0. The first-order valence-electron chi connectivity index (χ1n) is 3.80. The molecule has 0 fully saturated rings. The predicted molar refractivity (Wildman–Crippen MR) is 48.1 cm³/mol. The Morgan fingerprint density at radius 3 is 2.42 bits per heavy atom. The van der Waals surface area contributed by atoms with E-state index >= 15 is 0 Å². The highest BCUT2D eigenvalue weighted by atomic mass is 32.2. The maximum absolute atomic E-state index is 10.7. The van der Waals surface area contributed by atoms with Crippen LogP contribution in [0.3, 0.4) is 0 Å². The van der Waals surface area contributed by atoms with Crippen molar-refractivity contribution >= 4 is 10.1 Å². The maximum Gasteiger partial charge on any atom is 0.265 e. The fourth-order valence-electron chi connectivity index (χ4n) is 0.779. The first kappa shape index (κ1) is 11.5. The largest absolute Gasteiger partial charge is 0.265 e. The first-order chi connectivity index (χ1) is 5.49. The molecular formula is C8H14O3S. The van der Waals surface area contributed by atoms with E-state index in [0.29, 0.717) is 6.42 Å². The number of hydrogen-bond acceptors (Lipinski definition) is 3. The lowest BCUT2D eigenvalue weighted by atomic mass is 10.2. The Bertz CT molecular complexity index is 268. The molecule has 0 bridgehead atoms. The van der Waals surface area contributed by atoms with Gasteiger partial charge in [-0.2, -0.15) is 8.42 Å². The van der Waals surface area contributed by atoms with Crippen LogP contribution < -0.4 is 0 Å². The van der Waals surface area contributed by atoms with Gasteiger partial charge in [0, 0.05) is 0 Å². The minimum Gasteiger partial charge on any atom is -0.254 e. The molecule has 0 aliphatic heterocycles. The Hall–Kier alpha value is -0.530. The average Bonchev–Trinajstić information content (AvgIpc) is 1.84. The summed E-state index contributed by atoms with van der Waals surface area (Å²) in [5.74, 6) is 5.32. The Labute approximate surface area is 74.2 Å². The van der Waals surface area contributed by atoms with E-state index in [4.69, 9.17) is 4.18 Å². The van der Waals surface area contributed by atoms with Crippen LogP contribution in [0.25, 0.3) is 0 Å². The molecule has 0 radical (unpaired) electrons. The molecule has 0 aromatic carbocycles. The highest BCUT2D eigenvalue weighted by Gasteiger charge is 2.10. The number of rotatable bonds is 4. The van der Waals surface area contributed by atoms with Gasteiger partial charge in [-0.05, 0) is 13.3 Å². The lowest BCUT2D eigenvalue weighted by Crippen LogP contribution is -2.15. The van der Waals surface area contributed by atoms with E-state index in [1.54, 1.807) is 6.92 Å². The Kier molecular flexibility index (Phi) is 4.95. The average molecular weight is 190 g/mol. The van der Waals surface area contributed by atoms with Gasteiger partial charge in [-0.3, -0.25) is 4.18 Å². The smallest absolute Gasteiger partial charge is 0.254 e. The summed E-state index contributed by atoms with van der Waals surface area (Å²) < 4.78 is 26.1. The molecule has 0 aliphatic carbocycles. The van der Waals surface area contributed by atoms with Gasteiger partial charge in [0.1, 0.15) is 6.10 Å². The first-order valence-corrected chi connectivity index (χ1v) is 5.61. The second-order valence-corrected chi connectivity index (χ2v) is 4.07. The Morgan fingerprint density at radius 1 is 1.50 bits per heavy atom. The molecular weight excluding hydrogens is 176 g/mol. The van der Waals surface area contributed by atoms with Crippen LogP contribution in [0.15, 0.2) is 0 Å². The highest BCUT2D eigenvalue weighted by molar-refractivity contribution is 7.86. The molecule has 0 spiro atoms. The summed E-state index contributed by atoms with van der Waals surface area (Å²) >= 11 is 0. The van der Waals surface area contributed by atoms with E-state index in [2.05, 4.69) is 11.8 Å². The van der Waals surface area contributed by atoms with E-state index in [1.165, 1.54) is 0 Å². The van der Waals surface area contributed by atoms with Crippen LogP contribution >= 0.6 is 0 Å².